The molecule has 1 fully saturated rings. The molecule has 1 amide bonds. The van der Waals surface area contributed by atoms with Gasteiger partial charge in [0.1, 0.15) is 5.75 Å². The van der Waals surface area contributed by atoms with Crippen LogP contribution in [0.5, 0.6) is 5.75 Å². The summed E-state index contributed by atoms with van der Waals surface area (Å²) in [6.07, 6.45) is 1.75. The number of amides is 1. The number of nitrogens with two attached hydrogens (primary N) is 1. The molecule has 1 aliphatic heterocycles. The van der Waals surface area contributed by atoms with Gasteiger partial charge in [-0.1, -0.05) is 23.7 Å². The van der Waals surface area contributed by atoms with Crippen LogP contribution in [-0.4, -0.2) is 25.0 Å². The molecule has 5 nitrogen and oxygen atoms in total. The zero-order valence-electron chi connectivity index (χ0n) is 13.7. The topological polar surface area (TPSA) is 72.6 Å². The first kappa shape index (κ1) is 17.3. The molecule has 130 valence electrons. The van der Waals surface area contributed by atoms with Crippen LogP contribution in [0.15, 0.2) is 48.5 Å². The van der Waals surface area contributed by atoms with Gasteiger partial charge in [-0.2, -0.15) is 0 Å². The number of para-hydroxylation sites is 1. The van der Waals surface area contributed by atoms with Gasteiger partial charge in [0.05, 0.1) is 16.5 Å². The highest BCUT2D eigenvalue weighted by atomic mass is 35.5. The average Bonchev–Trinajstić information content (AvgIpc) is 2.64. The van der Waals surface area contributed by atoms with Gasteiger partial charge in [0, 0.05) is 18.8 Å². The van der Waals surface area contributed by atoms with E-state index >= 15 is 0 Å². The Hall–Kier alpha value is -2.53. The number of esters is 1. The summed E-state index contributed by atoms with van der Waals surface area (Å²) in [6, 6.07) is 14.0. The SMILES string of the molecule is NC(=O)C1CCCN(c2ccc(C(=O)Oc3ccccc3Cl)cc2)C1. The molecular weight excluding hydrogens is 340 g/mol. The van der Waals surface area contributed by atoms with Gasteiger partial charge in [0.2, 0.25) is 5.91 Å². The zero-order valence-corrected chi connectivity index (χ0v) is 14.4. The smallest absolute Gasteiger partial charge is 0.343 e. The number of ether oxygens (including phenoxy) is 1. The maximum Gasteiger partial charge on any atom is 0.343 e. The summed E-state index contributed by atoms with van der Waals surface area (Å²) in [4.78, 5) is 25.8. The number of halogens is 1. The van der Waals surface area contributed by atoms with Crippen LogP contribution in [0.2, 0.25) is 5.02 Å². The van der Waals surface area contributed by atoms with Crippen molar-refractivity contribution >= 4 is 29.2 Å². The monoisotopic (exact) mass is 358 g/mol. The quantitative estimate of drug-likeness (QED) is 0.672. The van der Waals surface area contributed by atoms with E-state index in [0.717, 1.165) is 25.1 Å². The molecule has 0 saturated carbocycles. The number of carbonyl (C=O) groups excluding carboxylic acids is 2. The van der Waals surface area contributed by atoms with Crippen LogP contribution in [0.3, 0.4) is 0 Å². The first-order valence-electron chi connectivity index (χ1n) is 8.15. The van der Waals surface area contributed by atoms with Gasteiger partial charge in [-0.3, -0.25) is 4.79 Å². The summed E-state index contributed by atoms with van der Waals surface area (Å²) in [6.45, 7) is 1.48. The van der Waals surface area contributed by atoms with Crippen molar-refractivity contribution in [1.29, 1.82) is 0 Å². The number of nitrogens with zero attached hydrogens (tertiary/aromatic N) is 1. The van der Waals surface area contributed by atoms with Crippen molar-refractivity contribution in [2.75, 3.05) is 18.0 Å². The molecule has 1 saturated heterocycles. The van der Waals surface area contributed by atoms with Crippen molar-refractivity contribution in [2.45, 2.75) is 12.8 Å². The molecule has 1 aliphatic rings. The van der Waals surface area contributed by atoms with Crippen LogP contribution in [0.1, 0.15) is 23.2 Å². The van der Waals surface area contributed by atoms with Gasteiger partial charge in [-0.15, -0.1) is 0 Å². The molecule has 0 aromatic heterocycles. The minimum atomic E-state index is -0.465. The van der Waals surface area contributed by atoms with Crippen LogP contribution in [0.25, 0.3) is 0 Å². The summed E-state index contributed by atoms with van der Waals surface area (Å²) >= 11 is 6.00. The number of piperidine rings is 1. The molecule has 1 unspecified atom stereocenters. The van der Waals surface area contributed by atoms with Gasteiger partial charge >= 0.3 is 5.97 Å². The standard InChI is InChI=1S/C19H19ClN2O3/c20-16-5-1-2-6-17(16)25-19(24)13-7-9-15(10-8-13)22-11-3-4-14(12-22)18(21)23/h1-2,5-10,14H,3-4,11-12H2,(H2,21,23). The molecule has 0 spiro atoms. The van der Waals surface area contributed by atoms with Crippen LogP contribution in [-0.2, 0) is 4.79 Å². The van der Waals surface area contributed by atoms with Gasteiger partial charge in [-0.25, -0.2) is 4.79 Å². The van der Waals surface area contributed by atoms with Crippen molar-refractivity contribution in [3.63, 3.8) is 0 Å². The normalized spacial score (nSPS) is 17.2. The Balaban J connectivity index is 1.68. The number of rotatable bonds is 4. The van der Waals surface area contributed by atoms with Gasteiger partial charge in [0.25, 0.3) is 0 Å². The lowest BCUT2D eigenvalue weighted by Gasteiger charge is -2.33. The highest BCUT2D eigenvalue weighted by molar-refractivity contribution is 6.32. The second kappa shape index (κ2) is 7.57. The molecule has 0 bridgehead atoms. The number of anilines is 1. The van der Waals surface area contributed by atoms with Gasteiger partial charge in [-0.05, 0) is 49.2 Å². The third-order valence-electron chi connectivity index (χ3n) is 4.33. The second-order valence-electron chi connectivity index (χ2n) is 6.05. The highest BCUT2D eigenvalue weighted by Gasteiger charge is 2.24. The van der Waals surface area contributed by atoms with E-state index in [2.05, 4.69) is 4.90 Å². The average molecular weight is 359 g/mol. The van der Waals surface area contributed by atoms with Crippen molar-refractivity contribution in [1.82, 2.24) is 0 Å². The summed E-state index contributed by atoms with van der Waals surface area (Å²) in [7, 11) is 0. The van der Waals surface area contributed by atoms with E-state index in [9.17, 15) is 9.59 Å². The number of carbonyl (C=O) groups is 2. The van der Waals surface area contributed by atoms with Crippen molar-refractivity contribution in [2.24, 2.45) is 11.7 Å². The van der Waals surface area contributed by atoms with E-state index in [1.54, 1.807) is 36.4 Å². The summed E-state index contributed by atoms with van der Waals surface area (Å²) in [5.74, 6) is -0.518. The van der Waals surface area contributed by atoms with E-state index in [1.165, 1.54) is 0 Å². The third-order valence-corrected chi connectivity index (χ3v) is 4.64. The highest BCUT2D eigenvalue weighted by Crippen LogP contribution is 2.26. The zero-order chi connectivity index (χ0) is 17.8. The minimum Gasteiger partial charge on any atom is -0.421 e. The van der Waals surface area contributed by atoms with E-state index in [-0.39, 0.29) is 11.8 Å². The molecule has 1 heterocycles. The van der Waals surface area contributed by atoms with Crippen molar-refractivity contribution in [3.05, 3.63) is 59.1 Å². The first-order valence-corrected chi connectivity index (χ1v) is 8.53. The molecule has 3 rings (SSSR count). The molecule has 25 heavy (non-hydrogen) atoms. The third kappa shape index (κ3) is 4.12. The van der Waals surface area contributed by atoms with E-state index < -0.39 is 5.97 Å². The van der Waals surface area contributed by atoms with Crippen molar-refractivity contribution in [3.8, 4) is 5.75 Å². The lowest BCUT2D eigenvalue weighted by molar-refractivity contribution is -0.122. The lowest BCUT2D eigenvalue weighted by Crippen LogP contribution is -2.41. The Labute approximate surface area is 151 Å². The molecule has 6 heteroatoms. The lowest BCUT2D eigenvalue weighted by atomic mass is 9.97. The fourth-order valence-corrected chi connectivity index (χ4v) is 3.11. The summed E-state index contributed by atoms with van der Waals surface area (Å²) in [5, 5.41) is 0.387. The largest absolute Gasteiger partial charge is 0.421 e. The number of primary amides is 1. The summed E-state index contributed by atoms with van der Waals surface area (Å²) < 4.78 is 5.32. The molecule has 2 aromatic carbocycles. The van der Waals surface area contributed by atoms with Crippen LogP contribution < -0.4 is 15.4 Å². The Kier molecular flexibility index (Phi) is 5.24. The fourth-order valence-electron chi connectivity index (χ4n) is 2.94. The van der Waals surface area contributed by atoms with Crippen molar-refractivity contribution < 1.29 is 14.3 Å². The Bertz CT molecular complexity index is 776. The van der Waals surface area contributed by atoms with E-state index in [1.807, 2.05) is 12.1 Å². The van der Waals surface area contributed by atoms with E-state index in [0.29, 0.717) is 22.9 Å². The number of benzene rings is 2. The molecule has 0 aliphatic carbocycles. The van der Waals surface area contributed by atoms with E-state index in [4.69, 9.17) is 22.1 Å². The van der Waals surface area contributed by atoms with Crippen LogP contribution >= 0.6 is 11.6 Å². The molecule has 2 aromatic rings. The maximum absolute atomic E-state index is 12.2. The predicted octanol–water partition coefficient (Wildman–Crippen LogP) is 3.26. The predicted molar refractivity (Wildman–Crippen MR) is 97.0 cm³/mol. The minimum absolute atomic E-state index is 0.126. The van der Waals surface area contributed by atoms with Crippen LogP contribution in [0, 0.1) is 5.92 Å². The first-order chi connectivity index (χ1) is 12.0. The molecule has 1 atom stereocenters. The molecule has 0 radical (unpaired) electrons. The fraction of sp³-hybridized carbons (Fsp3) is 0.263. The van der Waals surface area contributed by atoms with Crippen LogP contribution in [0.4, 0.5) is 5.69 Å². The maximum atomic E-state index is 12.2. The molecular formula is C19H19ClN2O3. The molecule has 2 N–H and O–H groups in total. The van der Waals surface area contributed by atoms with Gasteiger partial charge < -0.3 is 15.4 Å². The second-order valence-corrected chi connectivity index (χ2v) is 6.46. The Morgan fingerprint density at radius 3 is 2.52 bits per heavy atom. The Morgan fingerprint density at radius 1 is 1.12 bits per heavy atom. The summed E-state index contributed by atoms with van der Waals surface area (Å²) in [5.41, 5.74) is 6.81. The Morgan fingerprint density at radius 2 is 1.84 bits per heavy atom. The van der Waals surface area contributed by atoms with Gasteiger partial charge in [0.15, 0.2) is 0 Å². The number of hydrogen-bond donors (Lipinski definition) is 1. The number of hydrogen-bond acceptors (Lipinski definition) is 4.